The highest BCUT2D eigenvalue weighted by atomic mass is 35.5. The summed E-state index contributed by atoms with van der Waals surface area (Å²) in [6.07, 6.45) is 1.70. The molecule has 0 aromatic heterocycles. The maximum Gasteiger partial charge on any atom is 0.128 e. The van der Waals surface area contributed by atoms with Crippen molar-refractivity contribution in [2.75, 3.05) is 0 Å². The second-order valence-corrected chi connectivity index (χ2v) is 4.09. The highest BCUT2D eigenvalue weighted by Crippen LogP contribution is 2.46. The summed E-state index contributed by atoms with van der Waals surface area (Å²) in [5.41, 5.74) is 6.87. The molecule has 3 heteroatoms. The van der Waals surface area contributed by atoms with Gasteiger partial charge in [-0.2, -0.15) is 0 Å². The van der Waals surface area contributed by atoms with E-state index in [1.807, 2.05) is 6.92 Å². The van der Waals surface area contributed by atoms with Crippen LogP contribution in [0.15, 0.2) is 12.1 Å². The topological polar surface area (TPSA) is 26.0 Å². The van der Waals surface area contributed by atoms with Gasteiger partial charge in [-0.1, -0.05) is 11.6 Å². The van der Waals surface area contributed by atoms with Gasteiger partial charge < -0.3 is 5.73 Å². The van der Waals surface area contributed by atoms with Crippen molar-refractivity contribution in [2.24, 2.45) is 5.73 Å². The molecule has 0 radical (unpaired) electrons. The molecule has 70 valence electrons. The molecule has 1 fully saturated rings. The van der Waals surface area contributed by atoms with Crippen LogP contribution in [0.4, 0.5) is 4.39 Å². The average molecular weight is 200 g/mol. The first-order valence-corrected chi connectivity index (χ1v) is 4.66. The van der Waals surface area contributed by atoms with E-state index in [-0.39, 0.29) is 5.82 Å². The van der Waals surface area contributed by atoms with Crippen LogP contribution in [0.5, 0.6) is 0 Å². The summed E-state index contributed by atoms with van der Waals surface area (Å²) < 4.78 is 13.4. The minimum Gasteiger partial charge on any atom is -0.321 e. The van der Waals surface area contributed by atoms with E-state index in [1.165, 1.54) is 6.07 Å². The largest absolute Gasteiger partial charge is 0.321 e. The molecule has 1 aliphatic carbocycles. The van der Waals surface area contributed by atoms with Gasteiger partial charge in [0, 0.05) is 16.1 Å². The van der Waals surface area contributed by atoms with E-state index >= 15 is 0 Å². The second kappa shape index (κ2) is 2.69. The van der Waals surface area contributed by atoms with Gasteiger partial charge in [0.1, 0.15) is 5.82 Å². The van der Waals surface area contributed by atoms with E-state index < -0.39 is 5.54 Å². The molecule has 0 unspecified atom stereocenters. The smallest absolute Gasteiger partial charge is 0.128 e. The van der Waals surface area contributed by atoms with E-state index in [4.69, 9.17) is 17.3 Å². The lowest BCUT2D eigenvalue weighted by Gasteiger charge is -2.14. The highest BCUT2D eigenvalue weighted by molar-refractivity contribution is 6.31. The van der Waals surface area contributed by atoms with Crippen molar-refractivity contribution >= 4 is 11.6 Å². The van der Waals surface area contributed by atoms with Crippen LogP contribution >= 0.6 is 11.6 Å². The number of hydrogen-bond acceptors (Lipinski definition) is 1. The second-order valence-electron chi connectivity index (χ2n) is 3.69. The van der Waals surface area contributed by atoms with Crippen LogP contribution in [0.2, 0.25) is 5.02 Å². The first-order chi connectivity index (χ1) is 6.04. The molecule has 0 amide bonds. The van der Waals surface area contributed by atoms with Crippen molar-refractivity contribution in [1.82, 2.24) is 0 Å². The van der Waals surface area contributed by atoms with E-state index in [9.17, 15) is 4.39 Å². The maximum atomic E-state index is 13.4. The first kappa shape index (κ1) is 8.97. The highest BCUT2D eigenvalue weighted by Gasteiger charge is 2.43. The lowest BCUT2D eigenvalue weighted by atomic mass is 9.99. The SMILES string of the molecule is Cc1c(Cl)ccc(F)c1C1(N)CC1. The Morgan fingerprint density at radius 3 is 2.62 bits per heavy atom. The van der Waals surface area contributed by atoms with Gasteiger partial charge in [-0.05, 0) is 37.5 Å². The van der Waals surface area contributed by atoms with Crippen LogP contribution < -0.4 is 5.73 Å². The van der Waals surface area contributed by atoms with Crippen molar-refractivity contribution in [2.45, 2.75) is 25.3 Å². The molecule has 1 saturated carbocycles. The Hall–Kier alpha value is -0.600. The zero-order chi connectivity index (χ0) is 9.64. The van der Waals surface area contributed by atoms with Crippen LogP contribution in [0.25, 0.3) is 0 Å². The number of rotatable bonds is 1. The molecule has 0 aliphatic heterocycles. The quantitative estimate of drug-likeness (QED) is 0.740. The molecule has 0 spiro atoms. The Morgan fingerprint density at radius 1 is 1.46 bits per heavy atom. The van der Waals surface area contributed by atoms with E-state index in [0.29, 0.717) is 10.6 Å². The molecule has 2 rings (SSSR count). The molecule has 1 aliphatic rings. The number of hydrogen-bond donors (Lipinski definition) is 1. The summed E-state index contributed by atoms with van der Waals surface area (Å²) in [5, 5.41) is 0.591. The third-order valence-electron chi connectivity index (χ3n) is 2.63. The zero-order valence-electron chi connectivity index (χ0n) is 7.40. The Labute approximate surface area is 81.7 Å². The molecule has 1 aromatic rings. The van der Waals surface area contributed by atoms with Crippen molar-refractivity contribution < 1.29 is 4.39 Å². The van der Waals surface area contributed by atoms with Crippen LogP contribution in [-0.4, -0.2) is 0 Å². The fourth-order valence-electron chi connectivity index (χ4n) is 1.65. The Morgan fingerprint density at radius 2 is 2.08 bits per heavy atom. The fraction of sp³-hybridized carbons (Fsp3) is 0.400. The zero-order valence-corrected chi connectivity index (χ0v) is 8.16. The number of halogens is 2. The Bertz CT molecular complexity index is 358. The summed E-state index contributed by atoms with van der Waals surface area (Å²) in [5.74, 6) is -0.234. The van der Waals surface area contributed by atoms with Gasteiger partial charge in [0.2, 0.25) is 0 Å². The lowest BCUT2D eigenvalue weighted by molar-refractivity contribution is 0.575. The molecule has 2 N–H and O–H groups in total. The molecular formula is C10H11ClFN. The van der Waals surface area contributed by atoms with Crippen LogP contribution in [0, 0.1) is 12.7 Å². The molecule has 0 heterocycles. The minimum absolute atomic E-state index is 0.234. The summed E-state index contributed by atoms with van der Waals surface area (Å²) >= 11 is 5.90. The van der Waals surface area contributed by atoms with E-state index in [0.717, 1.165) is 18.4 Å². The molecule has 0 atom stereocenters. The summed E-state index contributed by atoms with van der Waals surface area (Å²) in [6, 6.07) is 2.96. The van der Waals surface area contributed by atoms with Gasteiger partial charge in [0.05, 0.1) is 0 Å². The normalized spacial score (nSPS) is 18.8. The first-order valence-electron chi connectivity index (χ1n) is 4.28. The van der Waals surface area contributed by atoms with Crippen molar-refractivity contribution in [3.05, 3.63) is 34.1 Å². The Kier molecular flexibility index (Phi) is 1.86. The predicted octanol–water partition coefficient (Wildman–Crippen LogP) is 2.74. The standard InChI is InChI=1S/C10H11ClFN/c1-6-7(11)2-3-8(12)9(6)10(13)4-5-10/h2-3H,4-5,13H2,1H3. The van der Waals surface area contributed by atoms with Crippen LogP contribution in [-0.2, 0) is 5.54 Å². The van der Waals surface area contributed by atoms with Crippen LogP contribution in [0.1, 0.15) is 24.0 Å². The van der Waals surface area contributed by atoms with Gasteiger partial charge in [-0.3, -0.25) is 0 Å². The lowest BCUT2D eigenvalue weighted by Crippen LogP contribution is -2.21. The van der Waals surface area contributed by atoms with Gasteiger partial charge in [-0.15, -0.1) is 0 Å². The van der Waals surface area contributed by atoms with Crippen LogP contribution in [0.3, 0.4) is 0 Å². The maximum absolute atomic E-state index is 13.4. The number of nitrogens with two attached hydrogens (primary N) is 1. The Balaban J connectivity index is 2.61. The molecular weight excluding hydrogens is 189 g/mol. The summed E-state index contributed by atoms with van der Waals surface area (Å²) in [6.45, 7) is 1.81. The summed E-state index contributed by atoms with van der Waals surface area (Å²) in [4.78, 5) is 0. The monoisotopic (exact) mass is 199 g/mol. The summed E-state index contributed by atoms with van der Waals surface area (Å²) in [7, 11) is 0. The van der Waals surface area contributed by atoms with Gasteiger partial charge >= 0.3 is 0 Å². The number of benzene rings is 1. The third kappa shape index (κ3) is 1.34. The molecule has 1 aromatic carbocycles. The van der Waals surface area contributed by atoms with E-state index in [1.54, 1.807) is 6.07 Å². The molecule has 1 nitrogen and oxygen atoms in total. The van der Waals surface area contributed by atoms with Gasteiger partial charge in [0.25, 0.3) is 0 Å². The van der Waals surface area contributed by atoms with Gasteiger partial charge in [-0.25, -0.2) is 4.39 Å². The van der Waals surface area contributed by atoms with Gasteiger partial charge in [0.15, 0.2) is 0 Å². The predicted molar refractivity (Wildman–Crippen MR) is 51.2 cm³/mol. The molecule has 13 heavy (non-hydrogen) atoms. The third-order valence-corrected chi connectivity index (χ3v) is 3.04. The van der Waals surface area contributed by atoms with E-state index in [2.05, 4.69) is 0 Å². The average Bonchev–Trinajstić information content (AvgIpc) is 2.78. The van der Waals surface area contributed by atoms with Crippen molar-refractivity contribution in [1.29, 1.82) is 0 Å². The molecule has 0 saturated heterocycles. The fourth-order valence-corrected chi connectivity index (χ4v) is 1.81. The minimum atomic E-state index is -0.445. The molecule has 0 bridgehead atoms. The van der Waals surface area contributed by atoms with Crippen molar-refractivity contribution in [3.63, 3.8) is 0 Å². The van der Waals surface area contributed by atoms with Crippen molar-refractivity contribution in [3.8, 4) is 0 Å².